The Balaban J connectivity index is 1.90. The van der Waals surface area contributed by atoms with Crippen molar-refractivity contribution in [3.8, 4) is 0 Å². The van der Waals surface area contributed by atoms with Crippen molar-refractivity contribution in [2.75, 3.05) is 19.6 Å². The molecule has 0 N–H and O–H groups in total. The fraction of sp³-hybridized carbons (Fsp3) is 0.312. The van der Waals surface area contributed by atoms with E-state index in [1.807, 2.05) is 35.2 Å². The highest BCUT2D eigenvalue weighted by molar-refractivity contribution is 7.07. The van der Waals surface area contributed by atoms with Gasteiger partial charge in [0, 0.05) is 31.9 Å². The smallest absolute Gasteiger partial charge is 0.273 e. The highest BCUT2D eigenvalue weighted by Gasteiger charge is 2.33. The van der Waals surface area contributed by atoms with E-state index in [-0.39, 0.29) is 17.9 Å². The van der Waals surface area contributed by atoms with Gasteiger partial charge in [-0.05, 0) is 5.56 Å². The maximum Gasteiger partial charge on any atom is 0.273 e. The number of amides is 2. The van der Waals surface area contributed by atoms with Gasteiger partial charge in [-0.3, -0.25) is 9.59 Å². The number of rotatable bonds is 2. The Morgan fingerprint density at radius 2 is 2.00 bits per heavy atom. The first-order valence-corrected chi connectivity index (χ1v) is 8.10. The molecule has 0 bridgehead atoms. The van der Waals surface area contributed by atoms with Crippen LogP contribution in [0, 0.1) is 0 Å². The summed E-state index contributed by atoms with van der Waals surface area (Å²) in [5, 5.41) is 1.77. The molecule has 0 aliphatic carbocycles. The quantitative estimate of drug-likeness (QED) is 0.853. The van der Waals surface area contributed by atoms with Crippen LogP contribution in [0.5, 0.6) is 0 Å². The Hall–Kier alpha value is -2.21. The largest absolute Gasteiger partial charge is 0.339 e. The van der Waals surface area contributed by atoms with E-state index < -0.39 is 0 Å². The minimum absolute atomic E-state index is 0.0432. The van der Waals surface area contributed by atoms with Crippen LogP contribution in [0.25, 0.3) is 0 Å². The first-order chi connectivity index (χ1) is 10.7. The van der Waals surface area contributed by atoms with Crippen molar-refractivity contribution >= 4 is 23.2 Å². The zero-order chi connectivity index (χ0) is 15.5. The Labute approximate surface area is 133 Å². The number of piperazine rings is 1. The first-order valence-electron chi connectivity index (χ1n) is 7.16. The second kappa shape index (κ2) is 6.27. The summed E-state index contributed by atoms with van der Waals surface area (Å²) in [6, 6.07) is 9.71. The monoisotopic (exact) mass is 315 g/mol. The molecule has 2 amide bonds. The molecule has 1 fully saturated rings. The topological polar surface area (TPSA) is 53.5 Å². The Morgan fingerprint density at radius 3 is 2.64 bits per heavy atom. The molecule has 0 saturated carbocycles. The number of aromatic nitrogens is 1. The van der Waals surface area contributed by atoms with Gasteiger partial charge < -0.3 is 9.80 Å². The third-order valence-corrected chi connectivity index (χ3v) is 4.51. The molecule has 2 heterocycles. The number of hydrogen-bond donors (Lipinski definition) is 0. The van der Waals surface area contributed by atoms with Crippen LogP contribution in [-0.2, 0) is 4.79 Å². The van der Waals surface area contributed by atoms with E-state index in [2.05, 4.69) is 4.98 Å². The number of thiazole rings is 1. The van der Waals surface area contributed by atoms with Crippen molar-refractivity contribution in [1.82, 2.24) is 14.8 Å². The van der Waals surface area contributed by atoms with Gasteiger partial charge in [0.2, 0.25) is 5.91 Å². The highest BCUT2D eigenvalue weighted by atomic mass is 32.1. The van der Waals surface area contributed by atoms with Crippen LogP contribution in [-0.4, -0.2) is 46.2 Å². The molecular weight excluding hydrogens is 298 g/mol. The van der Waals surface area contributed by atoms with Crippen molar-refractivity contribution in [3.05, 3.63) is 52.5 Å². The lowest BCUT2D eigenvalue weighted by Gasteiger charge is -2.41. The van der Waals surface area contributed by atoms with Gasteiger partial charge in [0.05, 0.1) is 11.6 Å². The molecule has 1 aromatic heterocycles. The van der Waals surface area contributed by atoms with E-state index in [1.54, 1.807) is 22.7 Å². The van der Waals surface area contributed by atoms with Gasteiger partial charge in [0.1, 0.15) is 5.69 Å². The Kier molecular flexibility index (Phi) is 4.20. The van der Waals surface area contributed by atoms with E-state index in [0.29, 0.717) is 25.3 Å². The number of benzene rings is 1. The number of carbonyl (C=O) groups excluding carboxylic acids is 2. The molecule has 0 spiro atoms. The highest BCUT2D eigenvalue weighted by Crippen LogP contribution is 2.27. The second-order valence-corrected chi connectivity index (χ2v) is 5.98. The minimum atomic E-state index is -0.131. The molecule has 5 nitrogen and oxygen atoms in total. The number of nitrogens with zero attached hydrogens (tertiary/aromatic N) is 3. The van der Waals surface area contributed by atoms with Crippen molar-refractivity contribution in [1.29, 1.82) is 0 Å². The molecule has 1 saturated heterocycles. The lowest BCUT2D eigenvalue weighted by Crippen LogP contribution is -2.51. The number of hydrogen-bond acceptors (Lipinski definition) is 4. The van der Waals surface area contributed by atoms with E-state index in [0.717, 1.165) is 5.56 Å². The summed E-state index contributed by atoms with van der Waals surface area (Å²) < 4.78 is 0. The maximum atomic E-state index is 12.7. The van der Waals surface area contributed by atoms with Crippen molar-refractivity contribution < 1.29 is 9.59 Å². The molecule has 1 aliphatic rings. The molecule has 0 radical (unpaired) electrons. The molecule has 6 heteroatoms. The van der Waals surface area contributed by atoms with Gasteiger partial charge in [-0.1, -0.05) is 30.3 Å². The summed E-state index contributed by atoms with van der Waals surface area (Å²) in [4.78, 5) is 32.1. The van der Waals surface area contributed by atoms with Gasteiger partial charge in [-0.25, -0.2) is 4.98 Å². The van der Waals surface area contributed by atoms with Crippen LogP contribution >= 0.6 is 11.3 Å². The third kappa shape index (κ3) is 2.87. The molecule has 1 unspecified atom stereocenters. The number of carbonyl (C=O) groups is 2. The normalized spacial score (nSPS) is 18.3. The van der Waals surface area contributed by atoms with Crippen LogP contribution in [0.15, 0.2) is 41.2 Å². The summed E-state index contributed by atoms with van der Waals surface area (Å²) in [5.74, 6) is -0.0278. The molecule has 3 rings (SSSR count). The van der Waals surface area contributed by atoms with Gasteiger partial charge in [0.15, 0.2) is 0 Å². The Bertz CT molecular complexity index is 657. The molecule has 1 aromatic carbocycles. The van der Waals surface area contributed by atoms with Gasteiger partial charge >= 0.3 is 0 Å². The zero-order valence-corrected chi connectivity index (χ0v) is 13.1. The minimum Gasteiger partial charge on any atom is -0.339 e. The lowest BCUT2D eigenvalue weighted by molar-refractivity contribution is -0.131. The van der Waals surface area contributed by atoms with Crippen molar-refractivity contribution in [2.45, 2.75) is 13.0 Å². The van der Waals surface area contributed by atoms with Gasteiger partial charge in [-0.15, -0.1) is 11.3 Å². The molecule has 114 valence electrons. The summed E-state index contributed by atoms with van der Waals surface area (Å²) in [7, 11) is 0. The van der Waals surface area contributed by atoms with Crippen molar-refractivity contribution in [3.63, 3.8) is 0 Å². The van der Waals surface area contributed by atoms with Crippen molar-refractivity contribution in [2.24, 2.45) is 0 Å². The standard InChI is InChI=1S/C16H17N3O2S/c1-12(20)18-7-8-19(16(21)14-10-22-11-17-14)15(9-18)13-5-3-2-4-6-13/h2-6,10-11,15H,7-9H2,1H3. The lowest BCUT2D eigenvalue weighted by atomic mass is 10.0. The van der Waals surface area contributed by atoms with E-state index >= 15 is 0 Å². The van der Waals surface area contributed by atoms with E-state index in [4.69, 9.17) is 0 Å². The second-order valence-electron chi connectivity index (χ2n) is 5.26. The SMILES string of the molecule is CC(=O)N1CCN(C(=O)c2cscn2)C(c2ccccc2)C1. The van der Waals surface area contributed by atoms with Crippen LogP contribution in [0.3, 0.4) is 0 Å². The molecule has 2 aromatic rings. The van der Waals surface area contributed by atoms with Crippen LogP contribution in [0.4, 0.5) is 0 Å². The average Bonchev–Trinajstić information content (AvgIpc) is 3.09. The first kappa shape index (κ1) is 14.7. The third-order valence-electron chi connectivity index (χ3n) is 3.92. The maximum absolute atomic E-state index is 12.7. The fourth-order valence-electron chi connectivity index (χ4n) is 2.74. The van der Waals surface area contributed by atoms with Crippen LogP contribution in [0.2, 0.25) is 0 Å². The van der Waals surface area contributed by atoms with Crippen LogP contribution in [0.1, 0.15) is 29.0 Å². The molecule has 22 heavy (non-hydrogen) atoms. The zero-order valence-electron chi connectivity index (χ0n) is 12.3. The summed E-state index contributed by atoms with van der Waals surface area (Å²) >= 11 is 1.41. The van der Waals surface area contributed by atoms with E-state index in [1.165, 1.54) is 11.3 Å². The van der Waals surface area contributed by atoms with Gasteiger partial charge in [0.25, 0.3) is 5.91 Å². The summed E-state index contributed by atoms with van der Waals surface area (Å²) in [6.45, 7) is 3.18. The molecule has 1 atom stereocenters. The average molecular weight is 315 g/mol. The van der Waals surface area contributed by atoms with Crippen LogP contribution < -0.4 is 0 Å². The molecule has 1 aliphatic heterocycles. The predicted molar refractivity (Wildman–Crippen MR) is 84.6 cm³/mol. The summed E-state index contributed by atoms with van der Waals surface area (Å²) in [5.41, 5.74) is 3.18. The Morgan fingerprint density at radius 1 is 1.23 bits per heavy atom. The summed E-state index contributed by atoms with van der Waals surface area (Å²) in [6.07, 6.45) is 0. The predicted octanol–water partition coefficient (Wildman–Crippen LogP) is 2.19. The molecular formula is C16H17N3O2S. The van der Waals surface area contributed by atoms with Gasteiger partial charge in [-0.2, -0.15) is 0 Å². The fourth-order valence-corrected chi connectivity index (χ4v) is 3.26. The van der Waals surface area contributed by atoms with E-state index in [9.17, 15) is 9.59 Å².